The largest absolute Gasteiger partial charge is 0.340 e. The normalized spacial score (nSPS) is 19.3. The molecule has 5 heterocycles. The van der Waals surface area contributed by atoms with Crippen molar-refractivity contribution in [1.82, 2.24) is 34.6 Å². The van der Waals surface area contributed by atoms with Crippen LogP contribution >= 0.6 is 0 Å². The number of rotatable bonds is 9. The van der Waals surface area contributed by atoms with Crippen LogP contribution in [-0.2, 0) is 9.59 Å². The van der Waals surface area contributed by atoms with E-state index in [0.29, 0.717) is 6.54 Å². The van der Waals surface area contributed by atoms with Gasteiger partial charge in [-0.15, -0.1) is 0 Å². The van der Waals surface area contributed by atoms with Gasteiger partial charge in [-0.3, -0.25) is 14.5 Å². The van der Waals surface area contributed by atoms with Crippen molar-refractivity contribution in [1.29, 1.82) is 0 Å². The number of amides is 2. The summed E-state index contributed by atoms with van der Waals surface area (Å²) in [5, 5.41) is 0. The fraction of sp³-hybridized carbons (Fsp3) is 0.306. The number of piperidine rings is 1. The van der Waals surface area contributed by atoms with Crippen LogP contribution in [0.4, 0.5) is 0 Å². The molecule has 9 rings (SSSR count). The number of carbonyl (C=O) groups is 2. The van der Waals surface area contributed by atoms with Crippen LogP contribution in [-0.4, -0.2) is 72.6 Å². The number of carbonyl (C=O) groups excluding carboxylic acids is 2. The highest BCUT2D eigenvalue weighted by atomic mass is 16.2. The van der Waals surface area contributed by atoms with Crippen LogP contribution in [0, 0.1) is 11.8 Å². The van der Waals surface area contributed by atoms with Crippen molar-refractivity contribution in [3.63, 3.8) is 0 Å². The third-order valence-corrected chi connectivity index (χ3v) is 12.2. The lowest BCUT2D eigenvalue weighted by molar-refractivity contribution is -0.139. The van der Waals surface area contributed by atoms with Crippen LogP contribution < -0.4 is 5.73 Å². The molecular weight excluding hydrogens is 733 g/mol. The second-order valence-electron chi connectivity index (χ2n) is 15.9. The maximum atomic E-state index is 14.3. The van der Waals surface area contributed by atoms with Gasteiger partial charge in [-0.05, 0) is 98.1 Å². The molecule has 10 heteroatoms. The number of hydrogen-bond acceptors (Lipinski definition) is 6. The molecule has 0 bridgehead atoms. The van der Waals surface area contributed by atoms with Gasteiger partial charge in [-0.25, -0.2) is 9.97 Å². The molecule has 59 heavy (non-hydrogen) atoms. The first-order valence-corrected chi connectivity index (χ1v) is 21.0. The summed E-state index contributed by atoms with van der Waals surface area (Å²) in [6, 6.07) is 34.9. The van der Waals surface area contributed by atoms with Gasteiger partial charge >= 0.3 is 0 Å². The van der Waals surface area contributed by atoms with Crippen LogP contribution in [0.3, 0.4) is 0 Å². The quantitative estimate of drug-likeness (QED) is 0.127. The smallest absolute Gasteiger partial charge is 0.245 e. The number of likely N-dealkylation sites (tertiary alicyclic amines) is 3. The number of benzene rings is 4. The molecule has 6 aromatic rings. The van der Waals surface area contributed by atoms with E-state index in [0.717, 1.165) is 115 Å². The highest BCUT2D eigenvalue weighted by Crippen LogP contribution is 2.37. The lowest BCUT2D eigenvalue weighted by Gasteiger charge is -2.37. The van der Waals surface area contributed by atoms with Gasteiger partial charge in [0.15, 0.2) is 0 Å². The molecule has 0 aliphatic carbocycles. The predicted molar refractivity (Wildman–Crippen MR) is 229 cm³/mol. The number of nitrogens with one attached hydrogen (secondary N) is 2. The maximum Gasteiger partial charge on any atom is 0.245 e. The molecule has 0 radical (unpaired) electrons. The second-order valence-corrected chi connectivity index (χ2v) is 15.9. The zero-order valence-corrected chi connectivity index (χ0v) is 33.3. The minimum Gasteiger partial charge on any atom is -0.340 e. The highest BCUT2D eigenvalue weighted by molar-refractivity contribution is 5.84. The van der Waals surface area contributed by atoms with E-state index >= 15 is 0 Å². The van der Waals surface area contributed by atoms with Gasteiger partial charge in [-0.2, -0.15) is 0 Å². The average molecular weight is 783 g/mol. The summed E-state index contributed by atoms with van der Waals surface area (Å²) in [5.41, 5.74) is 13.9. The summed E-state index contributed by atoms with van der Waals surface area (Å²) < 4.78 is 0. The van der Waals surface area contributed by atoms with Gasteiger partial charge < -0.3 is 25.5 Å². The van der Waals surface area contributed by atoms with E-state index in [-0.39, 0.29) is 29.9 Å². The van der Waals surface area contributed by atoms with Crippen molar-refractivity contribution in [3.05, 3.63) is 155 Å². The van der Waals surface area contributed by atoms with Gasteiger partial charge in [0, 0.05) is 24.2 Å². The lowest BCUT2D eigenvalue weighted by Crippen LogP contribution is -2.44. The Morgan fingerprint density at radius 2 is 1.05 bits per heavy atom. The summed E-state index contributed by atoms with van der Waals surface area (Å²) in [4.78, 5) is 50.5. The molecule has 0 spiro atoms. The standard InChI is InChI=1S/C49H50N8O2/c50-44(38-12-4-1-5-13-38)48(58)56-30-10-16-42(56)46-51-32-40(53-46)36-24-20-34(21-25-36)18-19-35-22-26-37(27-23-35)41-33-52-47(54-41)43-17-11-31-57(43)49(59)45(39-14-6-2-7-15-39)55-28-8-3-9-29-55/h1-2,4-7,12-15,20-27,32-33,42-45H,3,8-11,16-17,28-31,50H2,(H,51,53)(H,52,54)/t42-,43-,44+,45+/m0/s1. The molecule has 10 nitrogen and oxygen atoms in total. The van der Waals surface area contributed by atoms with E-state index in [1.807, 2.05) is 102 Å². The summed E-state index contributed by atoms with van der Waals surface area (Å²) in [6.07, 6.45) is 10.8. The van der Waals surface area contributed by atoms with E-state index in [2.05, 4.69) is 60.9 Å². The monoisotopic (exact) mass is 782 g/mol. The molecule has 0 unspecified atom stereocenters. The number of aromatic nitrogens is 4. The second kappa shape index (κ2) is 17.3. The molecule has 3 saturated heterocycles. The Morgan fingerprint density at radius 3 is 1.56 bits per heavy atom. The predicted octanol–water partition coefficient (Wildman–Crippen LogP) is 8.12. The highest BCUT2D eigenvalue weighted by Gasteiger charge is 2.39. The maximum absolute atomic E-state index is 14.3. The summed E-state index contributed by atoms with van der Waals surface area (Å²) in [6.45, 7) is 3.31. The van der Waals surface area contributed by atoms with E-state index < -0.39 is 6.04 Å². The zero-order chi connectivity index (χ0) is 40.1. The van der Waals surface area contributed by atoms with Crippen molar-refractivity contribution in [2.45, 2.75) is 69.1 Å². The van der Waals surface area contributed by atoms with Crippen molar-refractivity contribution < 1.29 is 9.59 Å². The molecule has 4 aromatic carbocycles. The van der Waals surface area contributed by atoms with E-state index in [1.54, 1.807) is 0 Å². The number of nitrogens with zero attached hydrogens (tertiary/aromatic N) is 5. The number of nitrogens with two attached hydrogens (primary N) is 1. The van der Waals surface area contributed by atoms with E-state index in [4.69, 9.17) is 10.7 Å². The van der Waals surface area contributed by atoms with E-state index in [1.165, 1.54) is 6.42 Å². The molecule has 2 aromatic heterocycles. The molecule has 3 aliphatic rings. The third-order valence-electron chi connectivity index (χ3n) is 12.2. The number of H-pyrrole nitrogens is 2. The minimum atomic E-state index is -0.696. The van der Waals surface area contributed by atoms with Crippen LogP contribution in [0.15, 0.2) is 122 Å². The van der Waals surface area contributed by atoms with Crippen molar-refractivity contribution in [3.8, 4) is 34.4 Å². The molecule has 2 amide bonds. The SMILES string of the molecule is N[C@@H](C(=O)N1CCC[C@H]1c1ncc(-c2ccc(C#Cc3ccc(-c4cnc([C@@H]5CCCN5C(=O)[C@@H](c5ccccc5)N5CCCCC5)[nH]4)cc3)cc2)[nH]1)c1ccccc1. The Bertz CT molecular complexity index is 2420. The Hall–Kier alpha value is -6.28. The third kappa shape index (κ3) is 8.22. The van der Waals surface area contributed by atoms with Crippen molar-refractivity contribution in [2.75, 3.05) is 26.2 Å². The zero-order valence-electron chi connectivity index (χ0n) is 33.3. The molecule has 4 N–H and O–H groups in total. The molecule has 298 valence electrons. The molecule has 0 saturated carbocycles. The average Bonchev–Trinajstić information content (AvgIpc) is 4.14. The van der Waals surface area contributed by atoms with Gasteiger partial charge in [-0.1, -0.05) is 103 Å². The number of imidazole rings is 2. The Kier molecular flexibility index (Phi) is 11.2. The van der Waals surface area contributed by atoms with Crippen LogP contribution in [0.25, 0.3) is 22.5 Å². The fourth-order valence-electron chi connectivity index (χ4n) is 9.01. The van der Waals surface area contributed by atoms with E-state index in [9.17, 15) is 9.59 Å². The minimum absolute atomic E-state index is 0.0722. The summed E-state index contributed by atoms with van der Waals surface area (Å²) in [5.74, 6) is 8.32. The van der Waals surface area contributed by atoms with Gasteiger partial charge in [0.1, 0.15) is 23.7 Å². The lowest BCUT2D eigenvalue weighted by atomic mass is 10.00. The van der Waals surface area contributed by atoms with Crippen LogP contribution in [0.2, 0.25) is 0 Å². The molecule has 3 aliphatic heterocycles. The van der Waals surface area contributed by atoms with Gasteiger partial charge in [0.25, 0.3) is 0 Å². The number of hydrogen-bond donors (Lipinski definition) is 3. The van der Waals surface area contributed by atoms with Crippen LogP contribution in [0.5, 0.6) is 0 Å². The molecule has 3 fully saturated rings. The molecular formula is C49H50N8O2. The van der Waals surface area contributed by atoms with Crippen molar-refractivity contribution >= 4 is 11.8 Å². The topological polar surface area (TPSA) is 127 Å². The first kappa shape index (κ1) is 38.2. The van der Waals surface area contributed by atoms with Crippen molar-refractivity contribution in [2.24, 2.45) is 5.73 Å². The number of aromatic amines is 2. The fourth-order valence-corrected chi connectivity index (χ4v) is 9.01. The summed E-state index contributed by atoms with van der Waals surface area (Å²) >= 11 is 0. The molecule has 4 atom stereocenters. The Balaban J connectivity index is 0.833. The van der Waals surface area contributed by atoms with Gasteiger partial charge in [0.05, 0.1) is 35.9 Å². The Labute approximate surface area is 345 Å². The Morgan fingerprint density at radius 1 is 0.576 bits per heavy atom. The van der Waals surface area contributed by atoms with Crippen LogP contribution in [0.1, 0.15) is 103 Å². The van der Waals surface area contributed by atoms with Gasteiger partial charge in [0.2, 0.25) is 11.8 Å². The summed E-state index contributed by atoms with van der Waals surface area (Å²) in [7, 11) is 0. The first-order chi connectivity index (χ1) is 29.0. The first-order valence-electron chi connectivity index (χ1n) is 21.0.